The van der Waals surface area contributed by atoms with Crippen LogP contribution >= 0.6 is 11.3 Å². The lowest BCUT2D eigenvalue weighted by molar-refractivity contribution is 0.320. The number of anilines is 1. The molecule has 3 fully saturated rings. The van der Waals surface area contributed by atoms with E-state index in [4.69, 9.17) is 21.5 Å². The second-order valence-electron chi connectivity index (χ2n) is 12.2. The molecule has 4 nitrogen and oxygen atoms in total. The standard InChI is InChI=1S/C34H44N4S/c1-4-26-16-17-31(37-23(26)2)28-12-10-25(11-13-28)22-38(24(3)27-8-6-5-7-9-27)33-20-30(18-19-35-33)32-21-36-34(39-32)29-14-15-29/h16-21,25,27-29H,3-15,22H2,1-2H3. The summed E-state index contributed by atoms with van der Waals surface area (Å²) >= 11 is 1.86. The molecule has 0 aliphatic heterocycles. The largest absolute Gasteiger partial charge is 0.330 e. The molecule has 206 valence electrons. The van der Waals surface area contributed by atoms with E-state index >= 15 is 0 Å². The lowest BCUT2D eigenvalue weighted by atomic mass is 9.79. The number of allylic oxidation sites excluding steroid dienone is 1. The van der Waals surface area contributed by atoms with Crippen molar-refractivity contribution in [1.82, 2.24) is 15.0 Å². The molecular weight excluding hydrogens is 496 g/mol. The van der Waals surface area contributed by atoms with Gasteiger partial charge in [0.2, 0.25) is 0 Å². The van der Waals surface area contributed by atoms with E-state index in [1.165, 1.54) is 109 Å². The van der Waals surface area contributed by atoms with Gasteiger partial charge in [0.05, 0.1) is 9.88 Å². The molecule has 3 heterocycles. The highest BCUT2D eigenvalue weighted by molar-refractivity contribution is 7.15. The SMILES string of the molecule is C=C(C1CCCCC1)N(CC1CCC(c2ccc(CC)c(C)n2)CC1)c1cc(-c2cnc(C3CC3)s2)ccn1. The lowest BCUT2D eigenvalue weighted by Crippen LogP contribution is -2.34. The number of thiazole rings is 1. The minimum Gasteiger partial charge on any atom is -0.330 e. The summed E-state index contributed by atoms with van der Waals surface area (Å²) < 4.78 is 0. The van der Waals surface area contributed by atoms with Gasteiger partial charge in [-0.3, -0.25) is 4.98 Å². The number of aryl methyl sites for hydroxylation is 2. The molecule has 3 aromatic rings. The van der Waals surface area contributed by atoms with E-state index in [1.807, 2.05) is 17.5 Å². The molecule has 3 saturated carbocycles. The van der Waals surface area contributed by atoms with Gasteiger partial charge in [-0.25, -0.2) is 9.97 Å². The van der Waals surface area contributed by atoms with Crippen LogP contribution < -0.4 is 4.90 Å². The summed E-state index contributed by atoms with van der Waals surface area (Å²) in [6, 6.07) is 9.04. The summed E-state index contributed by atoms with van der Waals surface area (Å²) in [5.41, 5.74) is 6.42. The second-order valence-corrected chi connectivity index (χ2v) is 13.3. The fourth-order valence-electron chi connectivity index (χ4n) is 6.78. The Labute approximate surface area is 239 Å². The normalized spacial score (nSPS) is 22.1. The van der Waals surface area contributed by atoms with Crippen molar-refractivity contribution in [3.05, 3.63) is 70.9 Å². The van der Waals surface area contributed by atoms with Crippen molar-refractivity contribution >= 4 is 17.2 Å². The average Bonchev–Trinajstić information content (AvgIpc) is 3.72. The number of nitrogens with zero attached hydrogens (tertiary/aromatic N) is 4. The molecule has 0 N–H and O–H groups in total. The van der Waals surface area contributed by atoms with Crippen LogP contribution in [-0.2, 0) is 6.42 Å². The van der Waals surface area contributed by atoms with E-state index < -0.39 is 0 Å². The monoisotopic (exact) mass is 540 g/mol. The van der Waals surface area contributed by atoms with Crippen LogP contribution in [0.15, 0.2) is 48.9 Å². The van der Waals surface area contributed by atoms with Gasteiger partial charge in [0.15, 0.2) is 0 Å². The molecule has 0 atom stereocenters. The molecule has 3 aliphatic rings. The molecule has 0 amide bonds. The number of pyridine rings is 2. The van der Waals surface area contributed by atoms with Gasteiger partial charge in [-0.2, -0.15) is 0 Å². The minimum absolute atomic E-state index is 0.578. The Morgan fingerprint density at radius 2 is 1.72 bits per heavy atom. The topological polar surface area (TPSA) is 41.9 Å². The summed E-state index contributed by atoms with van der Waals surface area (Å²) in [6.45, 7) is 10.1. The highest BCUT2D eigenvalue weighted by Crippen LogP contribution is 2.44. The average molecular weight is 541 g/mol. The van der Waals surface area contributed by atoms with E-state index in [0.29, 0.717) is 23.7 Å². The van der Waals surface area contributed by atoms with E-state index in [9.17, 15) is 0 Å². The fraction of sp³-hybridized carbons (Fsp3) is 0.559. The second kappa shape index (κ2) is 11.9. The Balaban J connectivity index is 1.19. The Morgan fingerprint density at radius 1 is 0.949 bits per heavy atom. The Morgan fingerprint density at radius 3 is 2.44 bits per heavy atom. The summed E-state index contributed by atoms with van der Waals surface area (Å²) in [5.74, 6) is 3.60. The first-order chi connectivity index (χ1) is 19.1. The van der Waals surface area contributed by atoms with Gasteiger partial charge in [0, 0.05) is 47.9 Å². The first-order valence-electron chi connectivity index (χ1n) is 15.4. The predicted molar refractivity (Wildman–Crippen MR) is 163 cm³/mol. The maximum Gasteiger partial charge on any atom is 0.133 e. The Hall–Kier alpha value is -2.53. The quantitative estimate of drug-likeness (QED) is 0.271. The molecule has 6 rings (SSSR count). The first kappa shape index (κ1) is 26.7. The number of hydrogen-bond donors (Lipinski definition) is 0. The first-order valence-corrected chi connectivity index (χ1v) is 16.3. The smallest absolute Gasteiger partial charge is 0.133 e. The maximum atomic E-state index is 5.01. The van der Waals surface area contributed by atoms with Crippen molar-refractivity contribution in [3.63, 3.8) is 0 Å². The van der Waals surface area contributed by atoms with Gasteiger partial charge in [-0.05, 0) is 106 Å². The molecule has 5 heteroatoms. The summed E-state index contributed by atoms with van der Waals surface area (Å²) in [6.07, 6.45) is 19.2. The molecule has 39 heavy (non-hydrogen) atoms. The van der Waals surface area contributed by atoms with Crippen molar-refractivity contribution in [2.45, 2.75) is 103 Å². The molecule has 3 aromatic heterocycles. The van der Waals surface area contributed by atoms with Gasteiger partial charge in [-0.1, -0.05) is 38.8 Å². The van der Waals surface area contributed by atoms with Gasteiger partial charge in [0.25, 0.3) is 0 Å². The lowest BCUT2D eigenvalue weighted by Gasteiger charge is -2.37. The van der Waals surface area contributed by atoms with Gasteiger partial charge in [0.1, 0.15) is 5.82 Å². The maximum absolute atomic E-state index is 5.01. The molecule has 0 saturated heterocycles. The van der Waals surface area contributed by atoms with E-state index in [1.54, 1.807) is 0 Å². The number of hydrogen-bond acceptors (Lipinski definition) is 5. The zero-order valence-corrected chi connectivity index (χ0v) is 24.7. The van der Waals surface area contributed by atoms with Crippen molar-refractivity contribution in [2.75, 3.05) is 11.4 Å². The third-order valence-corrected chi connectivity index (χ3v) is 10.7. The van der Waals surface area contributed by atoms with Crippen molar-refractivity contribution in [2.24, 2.45) is 11.8 Å². The highest BCUT2D eigenvalue weighted by atomic mass is 32.1. The third kappa shape index (κ3) is 6.14. The van der Waals surface area contributed by atoms with Gasteiger partial charge in [-0.15, -0.1) is 11.3 Å². The van der Waals surface area contributed by atoms with Gasteiger partial charge < -0.3 is 4.90 Å². The summed E-state index contributed by atoms with van der Waals surface area (Å²) in [7, 11) is 0. The molecule has 0 spiro atoms. The van der Waals surface area contributed by atoms with Crippen LogP contribution in [0.5, 0.6) is 0 Å². The molecular formula is C34H44N4S. The molecule has 0 radical (unpaired) electrons. The van der Waals surface area contributed by atoms with E-state index in [0.717, 1.165) is 18.8 Å². The van der Waals surface area contributed by atoms with Crippen molar-refractivity contribution in [3.8, 4) is 10.4 Å². The molecule has 0 aromatic carbocycles. The van der Waals surface area contributed by atoms with Crippen molar-refractivity contribution in [1.29, 1.82) is 0 Å². The van der Waals surface area contributed by atoms with E-state index in [2.05, 4.69) is 49.2 Å². The molecule has 0 bridgehead atoms. The fourth-order valence-corrected chi connectivity index (χ4v) is 7.87. The minimum atomic E-state index is 0.578. The van der Waals surface area contributed by atoms with Crippen LogP contribution in [0, 0.1) is 18.8 Å². The summed E-state index contributed by atoms with van der Waals surface area (Å²) in [4.78, 5) is 18.4. The van der Waals surface area contributed by atoms with Crippen LogP contribution in [-0.4, -0.2) is 21.5 Å². The Kier molecular flexibility index (Phi) is 8.15. The van der Waals surface area contributed by atoms with Crippen molar-refractivity contribution < 1.29 is 0 Å². The van der Waals surface area contributed by atoms with Crippen LogP contribution in [0.4, 0.5) is 5.82 Å². The third-order valence-electron chi connectivity index (χ3n) is 9.48. The van der Waals surface area contributed by atoms with E-state index in [-0.39, 0.29) is 0 Å². The Bertz CT molecular complexity index is 1280. The summed E-state index contributed by atoms with van der Waals surface area (Å²) in [5, 5.41) is 1.30. The zero-order chi connectivity index (χ0) is 26.8. The number of aromatic nitrogens is 3. The van der Waals surface area contributed by atoms with Crippen LogP contribution in [0.25, 0.3) is 10.4 Å². The number of rotatable bonds is 9. The zero-order valence-electron chi connectivity index (χ0n) is 23.9. The van der Waals surface area contributed by atoms with Crippen LogP contribution in [0.1, 0.15) is 111 Å². The van der Waals surface area contributed by atoms with Gasteiger partial charge >= 0.3 is 0 Å². The molecule has 3 aliphatic carbocycles. The highest BCUT2D eigenvalue weighted by Gasteiger charge is 2.30. The molecule has 0 unspecified atom stereocenters. The van der Waals surface area contributed by atoms with Crippen LogP contribution in [0.3, 0.4) is 0 Å². The predicted octanol–water partition coefficient (Wildman–Crippen LogP) is 9.22. The van der Waals surface area contributed by atoms with Crippen LogP contribution in [0.2, 0.25) is 0 Å².